The van der Waals surface area contributed by atoms with E-state index in [1.54, 1.807) is 32.0 Å². The zero-order chi connectivity index (χ0) is 40.2. The van der Waals surface area contributed by atoms with Gasteiger partial charge in [-0.1, -0.05) is 86.5 Å². The summed E-state index contributed by atoms with van der Waals surface area (Å²) in [6, 6.07) is -0.680. The molecule has 0 radical (unpaired) electrons. The average Bonchev–Trinajstić information content (AvgIpc) is 3.49. The molecular formula is C43H54F3N5O4. The van der Waals surface area contributed by atoms with Crippen LogP contribution in [0.25, 0.3) is 0 Å². The summed E-state index contributed by atoms with van der Waals surface area (Å²) in [5, 5.41) is 3.79. The number of ketones is 1. The Morgan fingerprint density at radius 1 is 1.11 bits per heavy atom. The third-order valence-electron chi connectivity index (χ3n) is 11.2. The zero-order valence-corrected chi connectivity index (χ0v) is 33.3. The number of hydrogen-bond donors (Lipinski definition) is 0. The van der Waals surface area contributed by atoms with E-state index in [4.69, 9.17) is 4.52 Å². The number of alkyl halides is 3. The molecule has 9 nitrogen and oxygen atoms in total. The van der Waals surface area contributed by atoms with Crippen molar-refractivity contribution in [3.05, 3.63) is 120 Å². The minimum absolute atomic E-state index is 0.0179. The summed E-state index contributed by atoms with van der Waals surface area (Å²) >= 11 is 0. The first-order chi connectivity index (χ1) is 26.0. The van der Waals surface area contributed by atoms with E-state index in [9.17, 15) is 27.6 Å². The van der Waals surface area contributed by atoms with Gasteiger partial charge in [0.1, 0.15) is 12.2 Å². The molecule has 296 valence electrons. The first-order valence-corrected chi connectivity index (χ1v) is 19.3. The van der Waals surface area contributed by atoms with Gasteiger partial charge in [0.2, 0.25) is 5.89 Å². The number of fused-ring (bicyclic) bond motifs is 1. The van der Waals surface area contributed by atoms with E-state index >= 15 is 0 Å². The lowest BCUT2D eigenvalue weighted by Crippen LogP contribution is -2.47. The van der Waals surface area contributed by atoms with Crippen LogP contribution >= 0.6 is 0 Å². The summed E-state index contributed by atoms with van der Waals surface area (Å²) in [7, 11) is 1.64. The highest BCUT2D eigenvalue weighted by Gasteiger charge is 2.35. The van der Waals surface area contributed by atoms with Crippen molar-refractivity contribution in [1.82, 2.24) is 19.3 Å². The zero-order valence-electron chi connectivity index (χ0n) is 33.3. The van der Waals surface area contributed by atoms with Crippen molar-refractivity contribution in [2.75, 3.05) is 4.90 Å². The van der Waals surface area contributed by atoms with Crippen molar-refractivity contribution in [2.24, 2.45) is 18.9 Å². The monoisotopic (exact) mass is 761 g/mol. The summed E-state index contributed by atoms with van der Waals surface area (Å²) in [4.78, 5) is 47.6. The van der Waals surface area contributed by atoms with Crippen LogP contribution in [0.2, 0.25) is 0 Å². The van der Waals surface area contributed by atoms with Crippen LogP contribution in [0.4, 0.5) is 18.9 Å². The van der Waals surface area contributed by atoms with Crippen LogP contribution in [0.5, 0.6) is 0 Å². The average molecular weight is 762 g/mol. The smallest absolute Gasteiger partial charge is 0.337 e. The van der Waals surface area contributed by atoms with Gasteiger partial charge < -0.3 is 9.42 Å². The Kier molecular flexibility index (Phi) is 13.1. The minimum atomic E-state index is -4.34. The van der Waals surface area contributed by atoms with Gasteiger partial charge in [0, 0.05) is 30.7 Å². The predicted molar refractivity (Wildman–Crippen MR) is 210 cm³/mol. The number of aromatic nitrogens is 4. The van der Waals surface area contributed by atoms with Crippen LogP contribution in [0.3, 0.4) is 0 Å². The van der Waals surface area contributed by atoms with Gasteiger partial charge in [0.25, 0.3) is 5.56 Å². The largest absolute Gasteiger partial charge is 0.412 e. The Hall–Kier alpha value is -4.74. The maximum Gasteiger partial charge on any atom is 0.412 e. The van der Waals surface area contributed by atoms with E-state index in [1.165, 1.54) is 16.2 Å². The topological polar surface area (TPSA) is 103 Å². The molecule has 2 aromatic heterocycles. The summed E-state index contributed by atoms with van der Waals surface area (Å²) in [5.74, 6) is 0.00717. The number of halogens is 3. The van der Waals surface area contributed by atoms with E-state index in [-0.39, 0.29) is 42.4 Å². The predicted octanol–water partition coefficient (Wildman–Crippen LogP) is 9.26. The third kappa shape index (κ3) is 9.56. The molecule has 3 unspecified atom stereocenters. The Morgan fingerprint density at radius 3 is 2.53 bits per heavy atom. The van der Waals surface area contributed by atoms with Gasteiger partial charge in [-0.05, 0) is 94.8 Å². The number of rotatable bonds is 10. The van der Waals surface area contributed by atoms with E-state index < -0.39 is 29.0 Å². The second kappa shape index (κ2) is 17.4. The molecular weight excluding hydrogens is 707 g/mol. The summed E-state index contributed by atoms with van der Waals surface area (Å²) in [5.41, 5.74) is 4.61. The van der Waals surface area contributed by atoms with Crippen molar-refractivity contribution >= 4 is 11.5 Å². The number of anilines is 1. The van der Waals surface area contributed by atoms with Crippen LogP contribution in [-0.2, 0) is 18.4 Å². The lowest BCUT2D eigenvalue weighted by atomic mass is 9.87. The van der Waals surface area contributed by atoms with E-state index in [2.05, 4.69) is 35.3 Å². The van der Waals surface area contributed by atoms with Crippen LogP contribution < -0.4 is 16.1 Å². The molecule has 4 atom stereocenters. The van der Waals surface area contributed by atoms with Gasteiger partial charge in [-0.25, -0.2) is 9.36 Å². The molecule has 3 aliphatic rings. The Labute approximate surface area is 321 Å². The van der Waals surface area contributed by atoms with Crippen LogP contribution in [0, 0.1) is 18.8 Å². The molecule has 5 rings (SSSR count). The van der Waals surface area contributed by atoms with Crippen LogP contribution in [-0.4, -0.2) is 37.3 Å². The lowest BCUT2D eigenvalue weighted by molar-refractivity contribution is -0.123. The van der Waals surface area contributed by atoms with E-state index in [0.717, 1.165) is 39.7 Å². The first-order valence-electron chi connectivity index (χ1n) is 19.3. The van der Waals surface area contributed by atoms with Gasteiger partial charge in [-0.15, -0.1) is 0 Å². The highest BCUT2D eigenvalue weighted by molar-refractivity contribution is 5.89. The molecule has 0 amide bonds. The van der Waals surface area contributed by atoms with Crippen molar-refractivity contribution in [2.45, 2.75) is 125 Å². The number of aryl methyl sites for hydroxylation is 1. The number of hydrogen-bond acceptors (Lipinski definition) is 7. The van der Waals surface area contributed by atoms with Gasteiger partial charge in [0.05, 0.1) is 11.7 Å². The first kappa shape index (κ1) is 41.4. The second-order valence-corrected chi connectivity index (χ2v) is 15.4. The van der Waals surface area contributed by atoms with Crippen molar-refractivity contribution in [1.29, 1.82) is 0 Å². The highest BCUT2D eigenvalue weighted by atomic mass is 19.4. The normalized spacial score (nSPS) is 26.5. The quantitative estimate of drug-likeness (QED) is 0.223. The summed E-state index contributed by atoms with van der Waals surface area (Å²) in [6.45, 7) is 13.1. The molecule has 0 saturated carbocycles. The van der Waals surface area contributed by atoms with Crippen molar-refractivity contribution in [3.8, 4) is 0 Å². The second-order valence-electron chi connectivity index (χ2n) is 15.4. The standard InChI is InChI=1S/C43H54F3N5O4/c1-9-32-23-35(22-26(2)15-20-36(24-32)43(44,45)46)34-14-10-13-33(27(3)16-19-34)18-17-29(5)40(52)30(6)50-21-11-12-28(4)38-39(50)41(53)51(42(54)49(38)8)25-37-47-31(7)48-55-37/h10-11,13-14,20-23,26,28-30H,9,12,15-19,24-25H2,1-8H3/b13-10-,32-23+,33-27+,34-14+,35-22+,36-20-/t26?,28?,29?,30-/m0/s1. The number of carbonyl (C=O) groups is 1. The highest BCUT2D eigenvalue weighted by Crippen LogP contribution is 2.36. The number of carbonyl (C=O) groups excluding carboxylic acids is 1. The molecule has 12 heteroatoms. The molecule has 2 aliphatic carbocycles. The fraction of sp³-hybridized carbons (Fsp3) is 0.512. The van der Waals surface area contributed by atoms with E-state index in [0.29, 0.717) is 49.3 Å². The molecule has 1 aliphatic heterocycles. The Balaban J connectivity index is 1.33. The Morgan fingerprint density at radius 2 is 1.85 bits per heavy atom. The van der Waals surface area contributed by atoms with E-state index in [1.807, 2.05) is 45.9 Å². The maximum absolute atomic E-state index is 14.1. The number of Topliss-reactive ketones (excluding diaryl/α,β-unsaturated/α-hetero) is 1. The summed E-state index contributed by atoms with van der Waals surface area (Å²) in [6.07, 6.45) is 15.2. The fourth-order valence-corrected chi connectivity index (χ4v) is 7.71. The number of allylic oxidation sites excluding steroid dienone is 13. The molecule has 55 heavy (non-hydrogen) atoms. The molecule has 0 saturated heterocycles. The molecule has 0 fully saturated rings. The summed E-state index contributed by atoms with van der Waals surface area (Å²) < 4.78 is 49.0. The minimum Gasteiger partial charge on any atom is -0.337 e. The van der Waals surface area contributed by atoms with Gasteiger partial charge >= 0.3 is 11.9 Å². The van der Waals surface area contributed by atoms with Crippen LogP contribution in [0.15, 0.2) is 96.3 Å². The Bertz CT molecular complexity index is 2120. The van der Waals surface area contributed by atoms with Gasteiger partial charge in [-0.2, -0.15) is 18.2 Å². The lowest BCUT2D eigenvalue weighted by Gasteiger charge is -2.30. The van der Waals surface area contributed by atoms with Crippen LogP contribution in [0.1, 0.15) is 116 Å². The molecule has 0 bridgehead atoms. The molecule has 0 aromatic carbocycles. The van der Waals surface area contributed by atoms with Gasteiger partial charge in [0.15, 0.2) is 11.6 Å². The third-order valence-corrected chi connectivity index (χ3v) is 11.2. The fourth-order valence-electron chi connectivity index (χ4n) is 7.71. The maximum atomic E-state index is 14.1. The molecule has 0 spiro atoms. The number of nitrogens with zero attached hydrogens (tertiary/aromatic N) is 5. The SMILES string of the molecule is CC\C1=C/C(C2=C/C=C\C(CCC(C)C(=O)[C@H](C)N3C=CCC(C)c4c3c(=O)n(Cc3nc(C)no3)c(=O)n4C)=C(\C)CC\2)=C\C(C)C/C=C(\C(F)(F)F)C1. The molecule has 3 heterocycles. The van der Waals surface area contributed by atoms with Crippen molar-refractivity contribution in [3.63, 3.8) is 0 Å². The van der Waals surface area contributed by atoms with Gasteiger partial charge in [-0.3, -0.25) is 14.2 Å². The molecule has 2 aromatic rings. The van der Waals surface area contributed by atoms with Crippen molar-refractivity contribution < 1.29 is 22.5 Å². The molecule has 0 N–H and O–H groups in total.